The molecule has 4 rings (SSSR count). The second-order valence-electron chi connectivity index (χ2n) is 10.00. The third-order valence-electron chi connectivity index (χ3n) is 7.07. The monoisotopic (exact) mass is 524 g/mol. The van der Waals surface area contributed by atoms with Gasteiger partial charge < -0.3 is 24.8 Å². The number of likely N-dealkylation sites (tertiary alicyclic amines) is 1. The van der Waals surface area contributed by atoms with Crippen LogP contribution in [-0.4, -0.2) is 56.8 Å². The minimum atomic E-state index is -0.222. The number of imidazole rings is 1. The summed E-state index contributed by atoms with van der Waals surface area (Å²) in [6, 6.07) is 10.5. The molecule has 1 fully saturated rings. The molecule has 2 N–H and O–H groups in total. The molecule has 38 heavy (non-hydrogen) atoms. The van der Waals surface area contributed by atoms with E-state index in [1.54, 1.807) is 7.11 Å². The number of amides is 1. The van der Waals surface area contributed by atoms with Crippen molar-refractivity contribution in [1.29, 1.82) is 0 Å². The summed E-state index contributed by atoms with van der Waals surface area (Å²) < 4.78 is 18.8. The van der Waals surface area contributed by atoms with E-state index < -0.39 is 0 Å². The fourth-order valence-corrected chi connectivity index (χ4v) is 4.95. The number of aromatic nitrogens is 4. The van der Waals surface area contributed by atoms with Crippen molar-refractivity contribution < 1.29 is 19.0 Å². The van der Waals surface area contributed by atoms with Crippen LogP contribution in [0.25, 0.3) is 11.2 Å². The van der Waals surface area contributed by atoms with Gasteiger partial charge in [-0.15, -0.1) is 0 Å². The molecule has 0 aliphatic carbocycles. The first kappa shape index (κ1) is 27.5. The maximum absolute atomic E-state index is 12.4. The zero-order valence-corrected chi connectivity index (χ0v) is 22.8. The average Bonchev–Trinajstić information content (AvgIpc) is 3.29. The van der Waals surface area contributed by atoms with Crippen LogP contribution in [0.5, 0.6) is 12.0 Å². The molecule has 1 aliphatic rings. The predicted octanol–water partition coefficient (Wildman–Crippen LogP) is 5.20. The van der Waals surface area contributed by atoms with E-state index in [1.807, 2.05) is 46.7 Å². The van der Waals surface area contributed by atoms with E-state index >= 15 is 0 Å². The zero-order chi connectivity index (χ0) is 26.9. The molecule has 1 aromatic carbocycles. The Labute approximate surface area is 224 Å². The van der Waals surface area contributed by atoms with Gasteiger partial charge in [0.2, 0.25) is 0 Å². The van der Waals surface area contributed by atoms with Crippen LogP contribution in [-0.2, 0) is 17.9 Å². The van der Waals surface area contributed by atoms with Crippen LogP contribution in [0, 0.1) is 5.92 Å². The molecule has 2 aromatic heterocycles. The Kier molecular flexibility index (Phi) is 9.62. The smallest absolute Gasteiger partial charge is 0.410 e. The van der Waals surface area contributed by atoms with E-state index in [2.05, 4.69) is 21.9 Å². The van der Waals surface area contributed by atoms with Gasteiger partial charge in [0.15, 0.2) is 17.0 Å². The number of benzene rings is 1. The van der Waals surface area contributed by atoms with Gasteiger partial charge in [-0.1, -0.05) is 56.5 Å². The van der Waals surface area contributed by atoms with Crippen LogP contribution in [0.2, 0.25) is 0 Å². The highest BCUT2D eigenvalue weighted by Gasteiger charge is 2.24. The summed E-state index contributed by atoms with van der Waals surface area (Å²) in [4.78, 5) is 27.7. The lowest BCUT2D eigenvalue weighted by Crippen LogP contribution is -2.38. The van der Waals surface area contributed by atoms with Crippen LogP contribution in [0.3, 0.4) is 0 Å². The number of anilines is 1. The lowest BCUT2D eigenvalue weighted by atomic mass is 9.92. The normalized spacial score (nSPS) is 15.0. The first-order valence-electron chi connectivity index (χ1n) is 13.7. The molecule has 0 saturated carbocycles. The molecule has 3 aromatic rings. The number of carbonyl (C=O) groups excluding carboxylic acids is 1. The highest BCUT2D eigenvalue weighted by molar-refractivity contribution is 5.83. The minimum Gasteiger partial charge on any atom is -0.468 e. The number of rotatable bonds is 12. The molecule has 1 saturated heterocycles. The predicted molar refractivity (Wildman–Crippen MR) is 146 cm³/mol. The van der Waals surface area contributed by atoms with Gasteiger partial charge in [-0.05, 0) is 44.1 Å². The fourth-order valence-electron chi connectivity index (χ4n) is 4.95. The van der Waals surface area contributed by atoms with Gasteiger partial charge in [0.1, 0.15) is 6.61 Å². The topological polar surface area (TPSA) is 118 Å². The molecule has 10 nitrogen and oxygen atoms in total. The Morgan fingerprint density at radius 3 is 2.61 bits per heavy atom. The number of hydrogen-bond donors (Lipinski definition) is 1. The van der Waals surface area contributed by atoms with Crippen molar-refractivity contribution in [2.75, 3.05) is 25.9 Å². The zero-order valence-electron chi connectivity index (χ0n) is 22.8. The Bertz CT molecular complexity index is 1180. The van der Waals surface area contributed by atoms with Crippen molar-refractivity contribution >= 4 is 23.1 Å². The highest BCUT2D eigenvalue weighted by Crippen LogP contribution is 2.28. The van der Waals surface area contributed by atoms with Crippen molar-refractivity contribution in [2.24, 2.45) is 5.92 Å². The number of piperidine rings is 1. The SMILES string of the molecule is CCC[C@H](C)Oc1nc(N)c2nc(OC)n(CCCCC3CCN(C(=O)OCc4ccccc4)CC3)c2n1. The number of carbonyl (C=O) groups is 1. The molecule has 206 valence electrons. The highest BCUT2D eigenvalue weighted by atomic mass is 16.6. The van der Waals surface area contributed by atoms with Crippen molar-refractivity contribution in [2.45, 2.75) is 78.0 Å². The van der Waals surface area contributed by atoms with Crippen LogP contribution in [0.4, 0.5) is 10.6 Å². The van der Waals surface area contributed by atoms with E-state index in [9.17, 15) is 4.79 Å². The van der Waals surface area contributed by atoms with Crippen molar-refractivity contribution in [1.82, 2.24) is 24.4 Å². The molecule has 1 aliphatic heterocycles. The molecule has 3 heterocycles. The molecule has 0 spiro atoms. The second-order valence-corrected chi connectivity index (χ2v) is 10.00. The minimum absolute atomic E-state index is 0.00672. The Morgan fingerprint density at radius 2 is 1.89 bits per heavy atom. The van der Waals surface area contributed by atoms with Crippen molar-refractivity contribution in [3.8, 4) is 12.0 Å². The lowest BCUT2D eigenvalue weighted by molar-refractivity contribution is 0.0812. The number of nitrogens with zero attached hydrogens (tertiary/aromatic N) is 5. The first-order chi connectivity index (χ1) is 18.5. The third kappa shape index (κ3) is 7.05. The number of methoxy groups -OCH3 is 1. The maximum Gasteiger partial charge on any atom is 0.410 e. The van der Waals surface area contributed by atoms with E-state index in [1.165, 1.54) is 0 Å². The van der Waals surface area contributed by atoms with Crippen LogP contribution < -0.4 is 15.2 Å². The van der Waals surface area contributed by atoms with Gasteiger partial charge in [-0.2, -0.15) is 15.0 Å². The quantitative estimate of drug-likeness (QED) is 0.321. The maximum atomic E-state index is 12.4. The molecule has 0 bridgehead atoms. The van der Waals surface area contributed by atoms with Crippen molar-refractivity contribution in [3.05, 3.63) is 35.9 Å². The molecular formula is C28H40N6O4. The van der Waals surface area contributed by atoms with Crippen LogP contribution in [0.1, 0.15) is 64.4 Å². The van der Waals surface area contributed by atoms with Gasteiger partial charge >= 0.3 is 12.1 Å². The van der Waals surface area contributed by atoms with Gasteiger partial charge in [0.05, 0.1) is 13.2 Å². The number of unbranched alkanes of at least 4 members (excludes halogenated alkanes) is 1. The summed E-state index contributed by atoms with van der Waals surface area (Å²) in [5, 5.41) is 0. The van der Waals surface area contributed by atoms with Crippen LogP contribution in [0.15, 0.2) is 30.3 Å². The molecule has 1 atom stereocenters. The lowest BCUT2D eigenvalue weighted by Gasteiger charge is -2.31. The standard InChI is InChI=1S/C28H40N6O4/c1-4-10-20(2)38-26-31-24(29)23-25(32-26)34(27(30-23)36-3)16-9-8-11-21-14-17-33(18-15-21)28(35)37-19-22-12-6-5-7-13-22/h5-7,12-13,20-21H,4,8-11,14-19H2,1-3H3,(H2,29,31,32)/t20-/m0/s1. The molecule has 1 amide bonds. The number of aryl methyl sites for hydroxylation is 1. The number of hydrogen-bond acceptors (Lipinski definition) is 8. The summed E-state index contributed by atoms with van der Waals surface area (Å²) >= 11 is 0. The van der Waals surface area contributed by atoms with Gasteiger partial charge in [-0.3, -0.25) is 4.57 Å². The van der Waals surface area contributed by atoms with Gasteiger partial charge in [0.25, 0.3) is 6.01 Å². The summed E-state index contributed by atoms with van der Waals surface area (Å²) in [7, 11) is 1.60. The summed E-state index contributed by atoms with van der Waals surface area (Å²) in [6.45, 7) is 6.63. The Morgan fingerprint density at radius 1 is 1.13 bits per heavy atom. The molecular weight excluding hydrogens is 484 g/mol. The van der Waals surface area contributed by atoms with Gasteiger partial charge in [-0.25, -0.2) is 4.79 Å². The van der Waals surface area contributed by atoms with Gasteiger partial charge in [0, 0.05) is 19.6 Å². The number of ether oxygens (including phenoxy) is 3. The molecule has 0 unspecified atom stereocenters. The largest absolute Gasteiger partial charge is 0.468 e. The molecule has 10 heteroatoms. The van der Waals surface area contributed by atoms with Crippen molar-refractivity contribution in [3.63, 3.8) is 0 Å². The Balaban J connectivity index is 1.25. The fraction of sp³-hybridized carbons (Fsp3) is 0.571. The summed E-state index contributed by atoms with van der Waals surface area (Å²) in [6.07, 6.45) is 6.83. The van der Waals surface area contributed by atoms with E-state index in [0.717, 1.165) is 63.6 Å². The average molecular weight is 525 g/mol. The number of nitrogen functional groups attached to an aromatic ring is 1. The number of fused-ring (bicyclic) bond motifs is 1. The van der Waals surface area contributed by atoms with E-state index in [0.29, 0.717) is 42.1 Å². The Hall–Kier alpha value is -3.56. The molecule has 0 radical (unpaired) electrons. The first-order valence-corrected chi connectivity index (χ1v) is 13.7. The number of nitrogens with two attached hydrogens (primary N) is 1. The van der Waals surface area contributed by atoms with Crippen LogP contribution >= 0.6 is 0 Å². The van der Waals surface area contributed by atoms with E-state index in [-0.39, 0.29) is 18.2 Å². The second kappa shape index (κ2) is 13.3. The third-order valence-corrected chi connectivity index (χ3v) is 7.07. The summed E-state index contributed by atoms with van der Waals surface area (Å²) in [5.41, 5.74) is 8.35. The summed E-state index contributed by atoms with van der Waals surface area (Å²) in [5.74, 6) is 0.896. The van der Waals surface area contributed by atoms with E-state index in [4.69, 9.17) is 19.9 Å².